The predicted molar refractivity (Wildman–Crippen MR) is 101 cm³/mol. The van der Waals surface area contributed by atoms with E-state index >= 15 is 0 Å². The molecule has 2 aromatic carbocycles. The van der Waals surface area contributed by atoms with Crippen molar-refractivity contribution in [2.45, 2.75) is 31.6 Å². The minimum Gasteiger partial charge on any atom is -0.493 e. The second-order valence-electron chi connectivity index (χ2n) is 6.88. The molecule has 1 aliphatic carbocycles. The largest absolute Gasteiger partial charge is 0.493 e. The third kappa shape index (κ3) is 2.90. The van der Waals surface area contributed by atoms with Crippen LogP contribution in [0.15, 0.2) is 24.3 Å². The van der Waals surface area contributed by atoms with Crippen LogP contribution in [0.25, 0.3) is 0 Å². The number of methoxy groups -OCH3 is 2. The van der Waals surface area contributed by atoms with Gasteiger partial charge in [-0.15, -0.1) is 0 Å². The van der Waals surface area contributed by atoms with Crippen molar-refractivity contribution in [3.8, 4) is 11.5 Å². The van der Waals surface area contributed by atoms with E-state index in [4.69, 9.17) is 21.1 Å². The smallest absolute Gasteiger partial charge is 0.179 e. The van der Waals surface area contributed by atoms with Crippen molar-refractivity contribution in [1.82, 2.24) is 5.32 Å². The lowest BCUT2D eigenvalue weighted by atomic mass is 9.86. The molecule has 1 atom stereocenters. The van der Waals surface area contributed by atoms with Gasteiger partial charge in [-0.1, -0.05) is 29.8 Å². The van der Waals surface area contributed by atoms with Crippen LogP contribution in [-0.2, 0) is 19.3 Å². The van der Waals surface area contributed by atoms with Gasteiger partial charge in [0.25, 0.3) is 0 Å². The van der Waals surface area contributed by atoms with Crippen LogP contribution in [-0.4, -0.2) is 27.3 Å². The normalized spacial score (nSPS) is 19.1. The van der Waals surface area contributed by atoms with Gasteiger partial charge in [-0.25, -0.2) is 0 Å². The molecule has 2 aromatic rings. The lowest BCUT2D eigenvalue weighted by Gasteiger charge is -2.22. The number of fused-ring (bicyclic) bond motifs is 2. The standard InChI is InChI=1S/C21H24ClNO2/c1-24-19-11-17-16(20(22)21(19)25-2)8-9-23-12-18(17)15-7-6-13-4-3-5-14(13)10-15/h6-7,10-11,18,23H,3-5,8-9,12H2,1-2H3. The quantitative estimate of drug-likeness (QED) is 0.896. The molecular weight excluding hydrogens is 334 g/mol. The molecule has 1 N–H and O–H groups in total. The van der Waals surface area contributed by atoms with Crippen LogP contribution in [0.1, 0.15) is 40.2 Å². The Bertz CT molecular complexity index is 803. The lowest BCUT2D eigenvalue weighted by Crippen LogP contribution is -2.21. The fourth-order valence-electron chi connectivity index (χ4n) is 4.25. The number of ether oxygens (including phenoxy) is 2. The summed E-state index contributed by atoms with van der Waals surface area (Å²) in [5.41, 5.74) is 6.81. The summed E-state index contributed by atoms with van der Waals surface area (Å²) in [7, 11) is 3.31. The number of aryl methyl sites for hydroxylation is 2. The van der Waals surface area contributed by atoms with Crippen LogP contribution in [0.2, 0.25) is 5.02 Å². The average molecular weight is 358 g/mol. The molecule has 25 heavy (non-hydrogen) atoms. The number of hydrogen-bond donors (Lipinski definition) is 1. The van der Waals surface area contributed by atoms with Crippen molar-refractivity contribution in [3.05, 3.63) is 57.1 Å². The molecule has 0 saturated heterocycles. The first-order valence-electron chi connectivity index (χ1n) is 8.98. The maximum atomic E-state index is 6.70. The molecule has 0 aromatic heterocycles. The minimum atomic E-state index is 0.278. The lowest BCUT2D eigenvalue weighted by molar-refractivity contribution is 0.354. The molecule has 0 spiro atoms. The number of rotatable bonds is 3. The molecular formula is C21H24ClNO2. The van der Waals surface area contributed by atoms with E-state index in [0.29, 0.717) is 16.5 Å². The summed E-state index contributed by atoms with van der Waals surface area (Å²) >= 11 is 6.70. The van der Waals surface area contributed by atoms with Crippen LogP contribution < -0.4 is 14.8 Å². The Balaban J connectivity index is 1.85. The summed E-state index contributed by atoms with van der Waals surface area (Å²) in [4.78, 5) is 0. The molecule has 4 rings (SSSR count). The van der Waals surface area contributed by atoms with E-state index in [0.717, 1.165) is 19.5 Å². The molecule has 3 nitrogen and oxygen atoms in total. The molecule has 1 aliphatic heterocycles. The van der Waals surface area contributed by atoms with Crippen molar-refractivity contribution in [3.63, 3.8) is 0 Å². The van der Waals surface area contributed by atoms with Crippen LogP contribution in [0.3, 0.4) is 0 Å². The SMILES string of the molecule is COc1cc2c(c(Cl)c1OC)CCNCC2c1ccc2c(c1)CCC2. The minimum absolute atomic E-state index is 0.278. The van der Waals surface area contributed by atoms with E-state index in [9.17, 15) is 0 Å². The van der Waals surface area contributed by atoms with Crippen molar-refractivity contribution in [1.29, 1.82) is 0 Å². The monoisotopic (exact) mass is 357 g/mol. The van der Waals surface area contributed by atoms with Crippen LogP contribution in [0.4, 0.5) is 0 Å². The molecule has 4 heteroatoms. The maximum Gasteiger partial charge on any atom is 0.179 e. The molecule has 1 heterocycles. The zero-order chi connectivity index (χ0) is 17.4. The summed E-state index contributed by atoms with van der Waals surface area (Å²) in [5.74, 6) is 1.62. The Morgan fingerprint density at radius 1 is 1.04 bits per heavy atom. The maximum absolute atomic E-state index is 6.70. The van der Waals surface area contributed by atoms with Gasteiger partial charge in [-0.05, 0) is 66.1 Å². The van der Waals surface area contributed by atoms with E-state index in [-0.39, 0.29) is 5.92 Å². The Kier molecular flexibility index (Phi) is 4.61. The van der Waals surface area contributed by atoms with Crippen molar-refractivity contribution < 1.29 is 9.47 Å². The van der Waals surface area contributed by atoms with Gasteiger partial charge in [0, 0.05) is 12.5 Å². The average Bonchev–Trinajstić information content (AvgIpc) is 2.99. The highest BCUT2D eigenvalue weighted by molar-refractivity contribution is 6.33. The van der Waals surface area contributed by atoms with Gasteiger partial charge in [0.05, 0.1) is 19.2 Å². The molecule has 0 fully saturated rings. The number of halogens is 1. The van der Waals surface area contributed by atoms with Crippen molar-refractivity contribution >= 4 is 11.6 Å². The van der Waals surface area contributed by atoms with Gasteiger partial charge in [0.15, 0.2) is 11.5 Å². The van der Waals surface area contributed by atoms with Gasteiger partial charge < -0.3 is 14.8 Å². The van der Waals surface area contributed by atoms with Gasteiger partial charge >= 0.3 is 0 Å². The first-order chi connectivity index (χ1) is 12.2. The Labute approximate surface area is 154 Å². The molecule has 1 unspecified atom stereocenters. The Hall–Kier alpha value is -1.71. The van der Waals surface area contributed by atoms with E-state index < -0.39 is 0 Å². The Morgan fingerprint density at radius 2 is 1.88 bits per heavy atom. The summed E-state index contributed by atoms with van der Waals surface area (Å²) in [6.45, 7) is 1.83. The fourth-order valence-corrected chi connectivity index (χ4v) is 4.62. The third-order valence-corrected chi connectivity index (χ3v) is 5.95. The van der Waals surface area contributed by atoms with Crippen LogP contribution in [0.5, 0.6) is 11.5 Å². The van der Waals surface area contributed by atoms with Crippen molar-refractivity contribution in [2.75, 3.05) is 27.3 Å². The van der Waals surface area contributed by atoms with Gasteiger partial charge in [-0.3, -0.25) is 0 Å². The molecule has 0 saturated carbocycles. The van der Waals surface area contributed by atoms with E-state index in [1.807, 2.05) is 0 Å². The second-order valence-corrected chi connectivity index (χ2v) is 7.26. The molecule has 2 aliphatic rings. The van der Waals surface area contributed by atoms with Crippen LogP contribution >= 0.6 is 11.6 Å². The molecule has 0 bridgehead atoms. The summed E-state index contributed by atoms with van der Waals surface area (Å²) in [6, 6.07) is 9.11. The fraction of sp³-hybridized carbons (Fsp3) is 0.429. The predicted octanol–water partition coefficient (Wildman–Crippen LogP) is 4.12. The van der Waals surface area contributed by atoms with E-state index in [1.165, 1.54) is 47.1 Å². The van der Waals surface area contributed by atoms with E-state index in [1.54, 1.807) is 14.2 Å². The zero-order valence-corrected chi connectivity index (χ0v) is 15.6. The highest BCUT2D eigenvalue weighted by atomic mass is 35.5. The Morgan fingerprint density at radius 3 is 2.68 bits per heavy atom. The molecule has 0 radical (unpaired) electrons. The van der Waals surface area contributed by atoms with E-state index in [2.05, 4.69) is 29.6 Å². The van der Waals surface area contributed by atoms with Gasteiger partial charge in [0.2, 0.25) is 0 Å². The van der Waals surface area contributed by atoms with Crippen LogP contribution in [0, 0.1) is 0 Å². The number of nitrogens with one attached hydrogen (secondary N) is 1. The first kappa shape index (κ1) is 16.7. The third-order valence-electron chi connectivity index (χ3n) is 5.55. The summed E-state index contributed by atoms with van der Waals surface area (Å²) < 4.78 is 11.1. The topological polar surface area (TPSA) is 30.5 Å². The second kappa shape index (κ2) is 6.89. The molecule has 0 amide bonds. The number of hydrogen-bond acceptors (Lipinski definition) is 3. The van der Waals surface area contributed by atoms with Gasteiger partial charge in [0.1, 0.15) is 0 Å². The highest BCUT2D eigenvalue weighted by Crippen LogP contribution is 2.44. The zero-order valence-electron chi connectivity index (χ0n) is 14.8. The first-order valence-corrected chi connectivity index (χ1v) is 9.36. The van der Waals surface area contributed by atoms with Crippen molar-refractivity contribution in [2.24, 2.45) is 0 Å². The van der Waals surface area contributed by atoms with Gasteiger partial charge in [-0.2, -0.15) is 0 Å². The summed E-state index contributed by atoms with van der Waals surface area (Å²) in [6.07, 6.45) is 4.58. The molecule has 132 valence electrons. The summed E-state index contributed by atoms with van der Waals surface area (Å²) in [5, 5.41) is 4.26. The highest BCUT2D eigenvalue weighted by Gasteiger charge is 2.27. The number of benzene rings is 2.